The average molecular weight is 426 g/mol. The van der Waals surface area contributed by atoms with E-state index in [1.165, 1.54) is 18.1 Å². The second kappa shape index (κ2) is 7.92. The van der Waals surface area contributed by atoms with Crippen LogP contribution in [-0.2, 0) is 20.7 Å². The Morgan fingerprint density at radius 2 is 2.00 bits per heavy atom. The third-order valence-electron chi connectivity index (χ3n) is 4.68. The topological polar surface area (TPSA) is 94.8 Å². The maximum absolute atomic E-state index is 15.5. The fraction of sp³-hybridized carbons (Fsp3) is 0.316. The molecule has 1 aliphatic rings. The minimum Gasteiger partial charge on any atom is -0.464 e. The fourth-order valence-corrected chi connectivity index (χ4v) is 3.58. The van der Waals surface area contributed by atoms with Gasteiger partial charge in [0.05, 0.1) is 23.5 Å². The molecule has 2 N–H and O–H groups in total. The number of nitrogens with zero attached hydrogens (tertiary/aromatic N) is 2. The lowest BCUT2D eigenvalue weighted by molar-refractivity contribution is -0.122. The van der Waals surface area contributed by atoms with Crippen molar-refractivity contribution >= 4 is 34.9 Å². The number of aromatic nitrogens is 1. The summed E-state index contributed by atoms with van der Waals surface area (Å²) >= 11 is 5.89. The molecule has 1 aromatic heterocycles. The Morgan fingerprint density at radius 1 is 1.31 bits per heavy atom. The number of carbonyl (C=O) groups excluding carboxylic acids is 2. The molecule has 0 aliphatic carbocycles. The second-order valence-electron chi connectivity index (χ2n) is 6.53. The first kappa shape index (κ1) is 20.9. The monoisotopic (exact) mass is 425 g/mol. The van der Waals surface area contributed by atoms with Crippen LogP contribution in [-0.4, -0.2) is 43.7 Å². The number of nitrogens with two attached hydrogens (primary N) is 1. The molecule has 0 radical (unpaired) electrons. The molecule has 0 fully saturated rings. The van der Waals surface area contributed by atoms with Crippen molar-refractivity contribution in [2.24, 2.45) is 0 Å². The summed E-state index contributed by atoms with van der Waals surface area (Å²) in [4.78, 5) is 29.4. The fourth-order valence-electron chi connectivity index (χ4n) is 3.38. The first-order chi connectivity index (χ1) is 13.7. The number of rotatable bonds is 4. The largest absolute Gasteiger partial charge is 0.464 e. The maximum Gasteiger partial charge on any atom is 0.358 e. The molecule has 1 atom stereocenters. The minimum atomic E-state index is -1.08. The SMILES string of the molecule is COCC(=O)N1c2c(ccc(-c3nc(C(=O)OC)c(Cl)c(N)c3F)c2F)CC1C. The number of methoxy groups -OCH3 is 2. The van der Waals surface area contributed by atoms with Gasteiger partial charge in [0.15, 0.2) is 17.3 Å². The quantitative estimate of drug-likeness (QED) is 0.757. The number of esters is 1. The molecule has 0 bridgehead atoms. The van der Waals surface area contributed by atoms with Gasteiger partial charge in [0, 0.05) is 18.7 Å². The van der Waals surface area contributed by atoms with Crippen molar-refractivity contribution in [2.45, 2.75) is 19.4 Å². The lowest BCUT2D eigenvalue weighted by atomic mass is 10.0. The van der Waals surface area contributed by atoms with E-state index in [1.54, 1.807) is 13.0 Å². The number of amides is 1. The number of ether oxygens (including phenoxy) is 2. The van der Waals surface area contributed by atoms with Gasteiger partial charge in [-0.05, 0) is 25.0 Å². The molecule has 0 saturated carbocycles. The van der Waals surface area contributed by atoms with E-state index in [0.717, 1.165) is 7.11 Å². The Labute approximate surface area is 170 Å². The smallest absolute Gasteiger partial charge is 0.358 e. The number of hydrogen-bond acceptors (Lipinski definition) is 6. The Balaban J connectivity index is 2.22. The molecular weight excluding hydrogens is 408 g/mol. The van der Waals surface area contributed by atoms with E-state index in [9.17, 15) is 14.0 Å². The van der Waals surface area contributed by atoms with Crippen LogP contribution in [0.1, 0.15) is 23.0 Å². The predicted molar refractivity (Wildman–Crippen MR) is 103 cm³/mol. The molecule has 1 aliphatic heterocycles. The molecule has 1 amide bonds. The summed E-state index contributed by atoms with van der Waals surface area (Å²) in [6.45, 7) is 1.53. The van der Waals surface area contributed by atoms with Gasteiger partial charge >= 0.3 is 5.97 Å². The van der Waals surface area contributed by atoms with Crippen molar-refractivity contribution < 1.29 is 27.8 Å². The highest BCUT2D eigenvalue weighted by molar-refractivity contribution is 6.35. The van der Waals surface area contributed by atoms with Gasteiger partial charge in [-0.1, -0.05) is 17.7 Å². The summed E-state index contributed by atoms with van der Waals surface area (Å²) in [5.74, 6) is -3.33. The van der Waals surface area contributed by atoms with Gasteiger partial charge < -0.3 is 20.1 Å². The molecule has 10 heteroatoms. The van der Waals surface area contributed by atoms with Gasteiger partial charge in [-0.25, -0.2) is 18.6 Å². The first-order valence-corrected chi connectivity index (χ1v) is 8.96. The molecule has 154 valence electrons. The van der Waals surface area contributed by atoms with E-state index >= 15 is 4.39 Å². The van der Waals surface area contributed by atoms with Crippen LogP contribution in [0.3, 0.4) is 0 Å². The molecule has 29 heavy (non-hydrogen) atoms. The van der Waals surface area contributed by atoms with Gasteiger partial charge in [0.2, 0.25) is 0 Å². The van der Waals surface area contributed by atoms with Crippen molar-refractivity contribution in [3.63, 3.8) is 0 Å². The average Bonchev–Trinajstić information content (AvgIpc) is 3.04. The molecule has 1 aromatic carbocycles. The van der Waals surface area contributed by atoms with Crippen LogP contribution in [0.4, 0.5) is 20.2 Å². The van der Waals surface area contributed by atoms with Gasteiger partial charge in [-0.3, -0.25) is 4.79 Å². The van der Waals surface area contributed by atoms with E-state index in [-0.39, 0.29) is 23.9 Å². The van der Waals surface area contributed by atoms with Crippen LogP contribution in [0.2, 0.25) is 5.02 Å². The Bertz CT molecular complexity index is 1020. The number of fused-ring (bicyclic) bond motifs is 1. The number of nitrogen functional groups attached to an aromatic ring is 1. The van der Waals surface area contributed by atoms with Crippen LogP contribution >= 0.6 is 11.6 Å². The highest BCUT2D eigenvalue weighted by atomic mass is 35.5. The molecule has 2 heterocycles. The summed E-state index contributed by atoms with van der Waals surface area (Å²) < 4.78 is 39.7. The van der Waals surface area contributed by atoms with E-state index in [2.05, 4.69) is 9.72 Å². The number of pyridine rings is 1. The second-order valence-corrected chi connectivity index (χ2v) is 6.90. The third kappa shape index (κ3) is 3.40. The van der Waals surface area contributed by atoms with Crippen LogP contribution in [0.25, 0.3) is 11.3 Å². The van der Waals surface area contributed by atoms with Crippen molar-refractivity contribution in [1.29, 1.82) is 0 Å². The zero-order valence-corrected chi connectivity index (χ0v) is 16.6. The van der Waals surface area contributed by atoms with E-state index in [1.807, 2.05) is 0 Å². The van der Waals surface area contributed by atoms with Crippen LogP contribution < -0.4 is 10.6 Å². The summed E-state index contributed by atoms with van der Waals surface area (Å²) in [5, 5.41) is -0.426. The zero-order chi connectivity index (χ0) is 21.5. The van der Waals surface area contributed by atoms with Crippen molar-refractivity contribution in [3.05, 3.63) is 40.0 Å². The normalized spacial score (nSPS) is 15.4. The predicted octanol–water partition coefficient (Wildman–Crippen LogP) is 2.97. The molecule has 0 saturated heterocycles. The molecule has 7 nitrogen and oxygen atoms in total. The molecular formula is C19H18ClF2N3O4. The maximum atomic E-state index is 15.5. The number of carbonyl (C=O) groups is 2. The summed E-state index contributed by atoms with van der Waals surface area (Å²) in [6, 6.07) is 2.59. The summed E-state index contributed by atoms with van der Waals surface area (Å²) in [5.41, 5.74) is 4.49. The van der Waals surface area contributed by atoms with Crippen LogP contribution in [0.5, 0.6) is 0 Å². The summed E-state index contributed by atoms with van der Waals surface area (Å²) in [7, 11) is 2.45. The van der Waals surface area contributed by atoms with Gasteiger partial charge in [-0.2, -0.15) is 0 Å². The number of halogens is 3. The molecule has 2 aromatic rings. The number of benzene rings is 1. The third-order valence-corrected chi connectivity index (χ3v) is 5.06. The summed E-state index contributed by atoms with van der Waals surface area (Å²) in [6.07, 6.45) is 0.425. The molecule has 3 rings (SSSR count). The minimum absolute atomic E-state index is 0.0198. The highest BCUT2D eigenvalue weighted by Gasteiger charge is 2.35. The standard InChI is InChI=1S/C19H18ClF2N3O4/c1-8-6-9-4-5-10(13(21)18(9)25(8)11(26)7-28-2)16-14(22)15(23)12(20)17(24-16)19(27)29-3/h4-5,8H,6-7H2,1-3H3,(H2,23,24). The van der Waals surface area contributed by atoms with Crippen LogP contribution in [0.15, 0.2) is 12.1 Å². The van der Waals surface area contributed by atoms with Gasteiger partial charge in [0.25, 0.3) is 5.91 Å². The molecule has 0 spiro atoms. The number of hydrogen-bond donors (Lipinski definition) is 1. The zero-order valence-electron chi connectivity index (χ0n) is 15.9. The van der Waals surface area contributed by atoms with E-state index < -0.39 is 45.6 Å². The first-order valence-electron chi connectivity index (χ1n) is 8.58. The lowest BCUT2D eigenvalue weighted by Crippen LogP contribution is -2.38. The lowest BCUT2D eigenvalue weighted by Gasteiger charge is -2.23. The van der Waals surface area contributed by atoms with Gasteiger partial charge in [-0.15, -0.1) is 0 Å². The highest BCUT2D eigenvalue weighted by Crippen LogP contribution is 2.41. The van der Waals surface area contributed by atoms with Crippen molar-refractivity contribution in [2.75, 3.05) is 31.5 Å². The van der Waals surface area contributed by atoms with Crippen LogP contribution in [0, 0.1) is 11.6 Å². The van der Waals surface area contributed by atoms with Crippen molar-refractivity contribution in [1.82, 2.24) is 4.98 Å². The Morgan fingerprint density at radius 3 is 2.62 bits per heavy atom. The molecule has 1 unspecified atom stereocenters. The Kier molecular flexibility index (Phi) is 5.72. The van der Waals surface area contributed by atoms with E-state index in [4.69, 9.17) is 22.1 Å². The Hall–Kier alpha value is -2.78. The number of anilines is 2. The van der Waals surface area contributed by atoms with Crippen molar-refractivity contribution in [3.8, 4) is 11.3 Å². The van der Waals surface area contributed by atoms with E-state index in [0.29, 0.717) is 12.0 Å². The van der Waals surface area contributed by atoms with Gasteiger partial charge in [0.1, 0.15) is 12.3 Å².